The first-order valence-electron chi connectivity index (χ1n) is 12.0. The molecule has 1 atom stereocenters. The van der Waals surface area contributed by atoms with E-state index in [2.05, 4.69) is 89.9 Å². The SMILES string of the molecule is CN(C)c1ccc(/C=C/CN2CCC3(CC2)C[C@H]3C(=O)NCCCc2ccccc2)cc1. The monoisotopic (exact) mass is 431 g/mol. The van der Waals surface area contributed by atoms with Crippen molar-refractivity contribution < 1.29 is 4.79 Å². The number of anilines is 1. The van der Waals surface area contributed by atoms with E-state index in [1.807, 2.05) is 6.07 Å². The highest BCUT2D eigenvalue weighted by Crippen LogP contribution is 2.59. The second-order valence-corrected chi connectivity index (χ2v) is 9.69. The van der Waals surface area contributed by atoms with Crippen LogP contribution in [-0.2, 0) is 11.2 Å². The minimum atomic E-state index is 0.243. The highest BCUT2D eigenvalue weighted by Gasteiger charge is 2.58. The summed E-state index contributed by atoms with van der Waals surface area (Å²) in [6.07, 6.45) is 9.91. The quantitative estimate of drug-likeness (QED) is 0.589. The molecular weight excluding hydrogens is 394 g/mol. The Kier molecular flexibility index (Phi) is 7.31. The molecule has 1 spiro atoms. The molecule has 1 N–H and O–H groups in total. The molecule has 0 unspecified atom stereocenters. The molecule has 1 amide bonds. The van der Waals surface area contributed by atoms with Gasteiger partial charge in [-0.15, -0.1) is 0 Å². The van der Waals surface area contributed by atoms with Crippen molar-refractivity contribution in [2.24, 2.45) is 11.3 Å². The largest absolute Gasteiger partial charge is 0.378 e. The van der Waals surface area contributed by atoms with Crippen molar-refractivity contribution in [1.29, 1.82) is 0 Å². The highest BCUT2D eigenvalue weighted by molar-refractivity contribution is 5.82. The number of nitrogens with one attached hydrogen (secondary N) is 1. The number of amides is 1. The number of piperidine rings is 1. The molecule has 1 saturated carbocycles. The van der Waals surface area contributed by atoms with Crippen molar-refractivity contribution in [1.82, 2.24) is 10.2 Å². The zero-order valence-corrected chi connectivity index (χ0v) is 19.6. The maximum Gasteiger partial charge on any atom is 0.223 e. The summed E-state index contributed by atoms with van der Waals surface area (Å²) in [5, 5.41) is 3.19. The fourth-order valence-corrected chi connectivity index (χ4v) is 4.95. The fourth-order valence-electron chi connectivity index (χ4n) is 4.95. The van der Waals surface area contributed by atoms with Crippen molar-refractivity contribution in [2.45, 2.75) is 32.1 Å². The van der Waals surface area contributed by atoms with E-state index in [0.29, 0.717) is 0 Å². The molecule has 0 radical (unpaired) electrons. The Balaban J connectivity index is 1.14. The first-order valence-corrected chi connectivity index (χ1v) is 12.0. The van der Waals surface area contributed by atoms with Gasteiger partial charge in [-0.3, -0.25) is 9.69 Å². The molecule has 1 aliphatic heterocycles. The Morgan fingerprint density at radius 2 is 1.81 bits per heavy atom. The zero-order chi connectivity index (χ0) is 22.4. The normalized spacial score (nSPS) is 19.9. The maximum absolute atomic E-state index is 12.6. The van der Waals surface area contributed by atoms with Crippen molar-refractivity contribution >= 4 is 17.7 Å². The molecule has 1 heterocycles. The summed E-state index contributed by atoms with van der Waals surface area (Å²) >= 11 is 0. The van der Waals surface area contributed by atoms with Gasteiger partial charge < -0.3 is 10.2 Å². The van der Waals surface area contributed by atoms with Gasteiger partial charge in [0.1, 0.15) is 0 Å². The minimum Gasteiger partial charge on any atom is -0.378 e. The molecule has 4 rings (SSSR count). The van der Waals surface area contributed by atoms with Crippen molar-refractivity contribution in [3.05, 3.63) is 71.8 Å². The third kappa shape index (κ3) is 5.80. The third-order valence-corrected chi connectivity index (χ3v) is 7.23. The van der Waals surface area contributed by atoms with Gasteiger partial charge in [-0.1, -0.05) is 54.6 Å². The molecular formula is C28H37N3O. The maximum atomic E-state index is 12.6. The topological polar surface area (TPSA) is 35.6 Å². The number of likely N-dealkylation sites (tertiary alicyclic amines) is 1. The molecule has 4 nitrogen and oxygen atoms in total. The lowest BCUT2D eigenvalue weighted by Crippen LogP contribution is -2.37. The Labute approximate surface area is 193 Å². The van der Waals surface area contributed by atoms with Crippen LogP contribution in [0.15, 0.2) is 60.7 Å². The van der Waals surface area contributed by atoms with E-state index in [0.717, 1.165) is 58.3 Å². The molecule has 2 aromatic carbocycles. The van der Waals surface area contributed by atoms with Gasteiger partial charge in [0.2, 0.25) is 5.91 Å². The summed E-state index contributed by atoms with van der Waals surface area (Å²) in [5.74, 6) is 0.528. The molecule has 2 fully saturated rings. The van der Waals surface area contributed by atoms with Crippen LogP contribution in [0.4, 0.5) is 5.69 Å². The number of aryl methyl sites for hydroxylation is 1. The molecule has 170 valence electrons. The molecule has 4 heteroatoms. The van der Waals surface area contributed by atoms with Gasteiger partial charge in [-0.05, 0) is 73.9 Å². The van der Waals surface area contributed by atoms with Crippen molar-refractivity contribution in [2.75, 3.05) is 45.2 Å². The lowest BCUT2D eigenvalue weighted by Gasteiger charge is -2.32. The summed E-state index contributed by atoms with van der Waals surface area (Å²) in [7, 11) is 4.13. The van der Waals surface area contributed by atoms with Gasteiger partial charge in [0, 0.05) is 38.8 Å². The second-order valence-electron chi connectivity index (χ2n) is 9.69. The molecule has 0 aromatic heterocycles. The number of nitrogens with zero attached hydrogens (tertiary/aromatic N) is 2. The number of hydrogen-bond acceptors (Lipinski definition) is 3. The van der Waals surface area contributed by atoms with Gasteiger partial charge >= 0.3 is 0 Å². The number of carbonyl (C=O) groups excluding carboxylic acids is 1. The molecule has 1 aliphatic carbocycles. The van der Waals surface area contributed by atoms with Crippen LogP contribution in [0.1, 0.15) is 36.8 Å². The smallest absolute Gasteiger partial charge is 0.223 e. The van der Waals surface area contributed by atoms with E-state index in [1.54, 1.807) is 0 Å². The summed E-state index contributed by atoms with van der Waals surface area (Å²) in [6.45, 7) is 3.97. The van der Waals surface area contributed by atoms with Gasteiger partial charge in [-0.2, -0.15) is 0 Å². The summed E-state index contributed by atoms with van der Waals surface area (Å²) in [6, 6.07) is 19.2. The van der Waals surface area contributed by atoms with E-state index in [1.165, 1.54) is 16.8 Å². The van der Waals surface area contributed by atoms with Crippen LogP contribution in [-0.4, -0.2) is 51.1 Å². The number of hydrogen-bond donors (Lipinski definition) is 1. The molecule has 32 heavy (non-hydrogen) atoms. The molecule has 1 saturated heterocycles. The lowest BCUT2D eigenvalue weighted by molar-refractivity contribution is -0.123. The van der Waals surface area contributed by atoms with Gasteiger partial charge in [0.15, 0.2) is 0 Å². The number of carbonyl (C=O) groups is 1. The fraction of sp³-hybridized carbons (Fsp3) is 0.464. The lowest BCUT2D eigenvalue weighted by atomic mass is 9.90. The number of benzene rings is 2. The van der Waals surface area contributed by atoms with Crippen LogP contribution < -0.4 is 10.2 Å². The van der Waals surface area contributed by atoms with E-state index < -0.39 is 0 Å². The summed E-state index contributed by atoms with van der Waals surface area (Å²) in [5.41, 5.74) is 4.10. The third-order valence-electron chi connectivity index (χ3n) is 7.23. The highest BCUT2D eigenvalue weighted by atomic mass is 16.2. The number of rotatable bonds is 9. The van der Waals surface area contributed by atoms with E-state index >= 15 is 0 Å². The molecule has 2 aliphatic rings. The van der Waals surface area contributed by atoms with Gasteiger partial charge in [0.25, 0.3) is 0 Å². The Hall–Kier alpha value is -2.59. The van der Waals surface area contributed by atoms with Crippen LogP contribution in [0, 0.1) is 11.3 Å². The second kappa shape index (κ2) is 10.4. The average Bonchev–Trinajstić information content (AvgIpc) is 3.52. The minimum absolute atomic E-state index is 0.243. The summed E-state index contributed by atoms with van der Waals surface area (Å²) < 4.78 is 0. The van der Waals surface area contributed by atoms with E-state index in [4.69, 9.17) is 0 Å². The first kappa shape index (κ1) is 22.6. The summed E-state index contributed by atoms with van der Waals surface area (Å²) in [4.78, 5) is 17.3. The average molecular weight is 432 g/mol. The van der Waals surface area contributed by atoms with E-state index in [-0.39, 0.29) is 17.2 Å². The molecule has 2 aromatic rings. The predicted molar refractivity (Wildman–Crippen MR) is 134 cm³/mol. The van der Waals surface area contributed by atoms with E-state index in [9.17, 15) is 4.79 Å². The van der Waals surface area contributed by atoms with Crippen molar-refractivity contribution in [3.63, 3.8) is 0 Å². The Bertz CT molecular complexity index is 896. The zero-order valence-electron chi connectivity index (χ0n) is 19.6. The first-order chi connectivity index (χ1) is 15.6. The van der Waals surface area contributed by atoms with Crippen LogP contribution in [0.3, 0.4) is 0 Å². The van der Waals surface area contributed by atoms with Crippen LogP contribution in [0.25, 0.3) is 6.08 Å². The Morgan fingerprint density at radius 1 is 1.09 bits per heavy atom. The Morgan fingerprint density at radius 3 is 2.50 bits per heavy atom. The van der Waals surface area contributed by atoms with Gasteiger partial charge in [-0.25, -0.2) is 0 Å². The predicted octanol–water partition coefficient (Wildman–Crippen LogP) is 4.62. The van der Waals surface area contributed by atoms with Crippen LogP contribution in [0.2, 0.25) is 0 Å². The van der Waals surface area contributed by atoms with Crippen molar-refractivity contribution in [3.8, 4) is 0 Å². The van der Waals surface area contributed by atoms with Gasteiger partial charge in [0.05, 0.1) is 0 Å². The molecule has 0 bridgehead atoms. The van der Waals surface area contributed by atoms with Crippen LogP contribution >= 0.6 is 0 Å². The van der Waals surface area contributed by atoms with Crippen LogP contribution in [0.5, 0.6) is 0 Å². The standard InChI is InChI=1S/C28H37N3O/c1-30(2)25-14-12-24(13-15-25)11-7-19-31-20-16-28(17-21-31)22-26(28)27(32)29-18-6-10-23-8-4-3-5-9-23/h3-5,7-9,11-15,26H,6,10,16-22H2,1-2H3,(H,29,32)/b11-7+/t26-/m0/s1.